The van der Waals surface area contributed by atoms with Crippen molar-refractivity contribution in [3.63, 3.8) is 0 Å². The predicted molar refractivity (Wildman–Crippen MR) is 80.1 cm³/mol. The molecule has 1 heterocycles. The number of hydrogen-bond donors (Lipinski definition) is 2. The van der Waals surface area contributed by atoms with Crippen molar-refractivity contribution in [3.8, 4) is 5.75 Å². The topological polar surface area (TPSA) is 52.6 Å². The maximum absolute atomic E-state index is 12.3. The molecule has 1 aromatic carbocycles. The number of carbonyl (C=O) groups is 1. The number of carbonyl (C=O) groups excluding carboxylic acids is 1. The molecule has 1 fully saturated rings. The van der Waals surface area contributed by atoms with Crippen LogP contribution in [0.2, 0.25) is 0 Å². The first-order valence-electron chi connectivity index (χ1n) is 7.37. The van der Waals surface area contributed by atoms with Crippen molar-refractivity contribution in [3.05, 3.63) is 29.3 Å². The van der Waals surface area contributed by atoms with Gasteiger partial charge in [0, 0.05) is 19.6 Å². The van der Waals surface area contributed by atoms with E-state index in [9.17, 15) is 9.90 Å². The van der Waals surface area contributed by atoms with Crippen molar-refractivity contribution in [1.82, 2.24) is 10.2 Å². The second-order valence-electron chi connectivity index (χ2n) is 5.63. The standard InChI is InChI=1S/C16H24N2O2/c1-12-6-5-8-14(15(12)19)16(20)18(2)11-9-13-7-3-4-10-17-13/h5-6,8,13,17,19H,3-4,7,9-11H2,1-2H3. The molecule has 0 radical (unpaired) electrons. The number of nitrogens with zero attached hydrogens (tertiary/aromatic N) is 1. The molecule has 1 amide bonds. The summed E-state index contributed by atoms with van der Waals surface area (Å²) >= 11 is 0. The molecule has 1 aliphatic heterocycles. The Hall–Kier alpha value is -1.55. The van der Waals surface area contributed by atoms with Crippen molar-refractivity contribution >= 4 is 5.91 Å². The molecule has 0 aromatic heterocycles. The van der Waals surface area contributed by atoms with Crippen molar-refractivity contribution in [2.24, 2.45) is 0 Å². The van der Waals surface area contributed by atoms with Crippen LogP contribution in [0.25, 0.3) is 0 Å². The molecule has 4 nitrogen and oxygen atoms in total. The highest BCUT2D eigenvalue weighted by molar-refractivity contribution is 5.97. The lowest BCUT2D eigenvalue weighted by atomic mass is 10.0. The Kier molecular flexibility index (Phi) is 5.01. The third kappa shape index (κ3) is 3.51. The van der Waals surface area contributed by atoms with E-state index in [0.29, 0.717) is 18.2 Å². The highest BCUT2D eigenvalue weighted by Gasteiger charge is 2.18. The zero-order chi connectivity index (χ0) is 14.5. The molecule has 4 heteroatoms. The summed E-state index contributed by atoms with van der Waals surface area (Å²) in [6, 6.07) is 5.81. The van der Waals surface area contributed by atoms with Crippen LogP contribution >= 0.6 is 0 Å². The molecule has 1 aliphatic rings. The first-order chi connectivity index (χ1) is 9.59. The largest absolute Gasteiger partial charge is 0.507 e. The van der Waals surface area contributed by atoms with Crippen molar-refractivity contribution in [2.75, 3.05) is 20.1 Å². The molecule has 1 atom stereocenters. The molecular formula is C16H24N2O2. The monoisotopic (exact) mass is 276 g/mol. The second kappa shape index (κ2) is 6.75. The third-order valence-electron chi connectivity index (χ3n) is 4.04. The second-order valence-corrected chi connectivity index (χ2v) is 5.63. The number of para-hydroxylation sites is 1. The number of phenols is 1. The molecule has 0 bridgehead atoms. The van der Waals surface area contributed by atoms with Gasteiger partial charge in [-0.25, -0.2) is 0 Å². The SMILES string of the molecule is Cc1cccc(C(=O)N(C)CCC2CCCCN2)c1O. The van der Waals surface area contributed by atoms with E-state index in [4.69, 9.17) is 0 Å². The lowest BCUT2D eigenvalue weighted by molar-refractivity contribution is 0.0785. The van der Waals surface area contributed by atoms with Gasteiger partial charge in [-0.05, 0) is 44.4 Å². The van der Waals surface area contributed by atoms with Gasteiger partial charge in [-0.1, -0.05) is 18.6 Å². The average molecular weight is 276 g/mol. The van der Waals surface area contributed by atoms with E-state index in [2.05, 4.69) is 5.32 Å². The van der Waals surface area contributed by atoms with Gasteiger partial charge < -0.3 is 15.3 Å². The summed E-state index contributed by atoms with van der Waals surface area (Å²) in [5, 5.41) is 13.5. The van der Waals surface area contributed by atoms with Crippen molar-refractivity contribution < 1.29 is 9.90 Å². The first-order valence-corrected chi connectivity index (χ1v) is 7.37. The molecule has 1 unspecified atom stereocenters. The fourth-order valence-electron chi connectivity index (χ4n) is 2.66. The van der Waals surface area contributed by atoms with Gasteiger partial charge in [0.1, 0.15) is 5.75 Å². The minimum atomic E-state index is -0.109. The molecule has 0 aliphatic carbocycles. The molecule has 110 valence electrons. The van der Waals surface area contributed by atoms with E-state index >= 15 is 0 Å². The minimum Gasteiger partial charge on any atom is -0.507 e. The number of amides is 1. The highest BCUT2D eigenvalue weighted by Crippen LogP contribution is 2.22. The number of piperidine rings is 1. The van der Waals surface area contributed by atoms with Crippen LogP contribution in [0.4, 0.5) is 0 Å². The number of rotatable bonds is 4. The summed E-state index contributed by atoms with van der Waals surface area (Å²) < 4.78 is 0. The number of phenolic OH excluding ortho intramolecular Hbond substituents is 1. The third-order valence-corrected chi connectivity index (χ3v) is 4.04. The maximum Gasteiger partial charge on any atom is 0.257 e. The number of aryl methyl sites for hydroxylation is 1. The Bertz CT molecular complexity index is 468. The molecule has 0 saturated carbocycles. The summed E-state index contributed by atoms with van der Waals surface area (Å²) in [6.07, 6.45) is 4.68. The van der Waals surface area contributed by atoms with Crippen LogP contribution in [0.15, 0.2) is 18.2 Å². The molecule has 2 rings (SSSR count). The van der Waals surface area contributed by atoms with Crippen molar-refractivity contribution in [1.29, 1.82) is 0 Å². The smallest absolute Gasteiger partial charge is 0.257 e. The van der Waals surface area contributed by atoms with Crippen LogP contribution in [0, 0.1) is 6.92 Å². The Morgan fingerprint density at radius 3 is 2.95 bits per heavy atom. The van der Waals surface area contributed by atoms with Gasteiger partial charge in [0.15, 0.2) is 0 Å². The van der Waals surface area contributed by atoms with Crippen LogP contribution in [0.1, 0.15) is 41.6 Å². The van der Waals surface area contributed by atoms with Crippen LogP contribution in [0.3, 0.4) is 0 Å². The molecular weight excluding hydrogens is 252 g/mol. The minimum absolute atomic E-state index is 0.0974. The van der Waals surface area contributed by atoms with Gasteiger partial charge >= 0.3 is 0 Å². The number of nitrogens with one attached hydrogen (secondary N) is 1. The zero-order valence-corrected chi connectivity index (χ0v) is 12.4. The lowest BCUT2D eigenvalue weighted by Crippen LogP contribution is -2.38. The predicted octanol–water partition coefficient (Wildman–Crippen LogP) is 2.30. The quantitative estimate of drug-likeness (QED) is 0.887. The normalized spacial score (nSPS) is 18.8. The van der Waals surface area contributed by atoms with Gasteiger partial charge in [0.2, 0.25) is 0 Å². The highest BCUT2D eigenvalue weighted by atomic mass is 16.3. The van der Waals surface area contributed by atoms with Gasteiger partial charge in [-0.15, -0.1) is 0 Å². The molecule has 2 N–H and O–H groups in total. The van der Waals surface area contributed by atoms with Crippen LogP contribution in [-0.2, 0) is 0 Å². The zero-order valence-electron chi connectivity index (χ0n) is 12.4. The molecule has 0 spiro atoms. The van der Waals surface area contributed by atoms with E-state index < -0.39 is 0 Å². The van der Waals surface area contributed by atoms with E-state index in [1.165, 1.54) is 19.3 Å². The van der Waals surface area contributed by atoms with E-state index in [-0.39, 0.29) is 11.7 Å². The van der Waals surface area contributed by atoms with Crippen LogP contribution < -0.4 is 5.32 Å². The van der Waals surface area contributed by atoms with Gasteiger partial charge in [0.25, 0.3) is 5.91 Å². The van der Waals surface area contributed by atoms with Gasteiger partial charge in [0.05, 0.1) is 5.56 Å². The number of hydrogen-bond acceptors (Lipinski definition) is 3. The van der Waals surface area contributed by atoms with Crippen molar-refractivity contribution in [2.45, 2.75) is 38.6 Å². The molecule has 20 heavy (non-hydrogen) atoms. The maximum atomic E-state index is 12.3. The van der Waals surface area contributed by atoms with Crippen LogP contribution in [0.5, 0.6) is 5.75 Å². The summed E-state index contributed by atoms with van der Waals surface area (Å²) in [5.41, 5.74) is 1.13. The summed E-state index contributed by atoms with van der Waals surface area (Å²) in [6.45, 7) is 3.60. The Labute approximate surface area is 120 Å². The average Bonchev–Trinajstić information content (AvgIpc) is 2.48. The Balaban J connectivity index is 1.92. The van der Waals surface area contributed by atoms with Crippen LogP contribution in [-0.4, -0.2) is 42.1 Å². The lowest BCUT2D eigenvalue weighted by Gasteiger charge is -2.26. The first kappa shape index (κ1) is 14.9. The molecule has 1 aromatic rings. The van der Waals surface area contributed by atoms with E-state index in [1.54, 1.807) is 37.1 Å². The van der Waals surface area contributed by atoms with Gasteiger partial charge in [-0.3, -0.25) is 4.79 Å². The summed E-state index contributed by atoms with van der Waals surface area (Å²) in [5.74, 6) is -0.0119. The fraction of sp³-hybridized carbons (Fsp3) is 0.562. The van der Waals surface area contributed by atoms with E-state index in [1.807, 2.05) is 0 Å². The number of aromatic hydroxyl groups is 1. The molecule has 1 saturated heterocycles. The van der Waals surface area contributed by atoms with Gasteiger partial charge in [-0.2, -0.15) is 0 Å². The fourth-order valence-corrected chi connectivity index (χ4v) is 2.66. The summed E-state index contributed by atoms with van der Waals surface area (Å²) in [7, 11) is 1.80. The number of benzene rings is 1. The Morgan fingerprint density at radius 1 is 1.45 bits per heavy atom. The summed E-state index contributed by atoms with van der Waals surface area (Å²) in [4.78, 5) is 14.0. The Morgan fingerprint density at radius 2 is 2.25 bits per heavy atom. The van der Waals surface area contributed by atoms with E-state index in [0.717, 1.165) is 18.5 Å².